The van der Waals surface area contributed by atoms with Gasteiger partial charge in [0.25, 0.3) is 0 Å². The zero-order valence-corrected chi connectivity index (χ0v) is 46.9. The fraction of sp³-hybridized carbons (Fsp3) is 1.00. The van der Waals surface area contributed by atoms with Gasteiger partial charge in [0.15, 0.2) is 31.5 Å². The highest BCUT2D eigenvalue weighted by Crippen LogP contribution is 2.47. The topological polar surface area (TPSA) is 102 Å². The van der Waals surface area contributed by atoms with Gasteiger partial charge in [0, 0.05) is 35.5 Å². The van der Waals surface area contributed by atoms with Gasteiger partial charge in [0.1, 0.15) is 6.10 Å². The van der Waals surface area contributed by atoms with E-state index in [1.165, 1.54) is 0 Å². The molecule has 0 aromatic carbocycles. The highest BCUT2D eigenvalue weighted by molar-refractivity contribution is 4.96. The maximum Gasteiger partial charge on any atom is 0.184 e. The van der Waals surface area contributed by atoms with E-state index in [9.17, 15) is 0 Å². The first-order valence-corrected chi connectivity index (χ1v) is 28.3. The molecule has 30 atom stereocenters. The summed E-state index contributed by atoms with van der Waals surface area (Å²) in [6.07, 6.45) is 1.49. The van der Waals surface area contributed by atoms with E-state index in [0.717, 1.165) is 32.1 Å². The van der Waals surface area contributed by atoms with Crippen molar-refractivity contribution in [3.63, 3.8) is 0 Å². The van der Waals surface area contributed by atoms with Crippen LogP contribution in [0.4, 0.5) is 0 Å². The van der Waals surface area contributed by atoms with Crippen molar-refractivity contribution in [3.05, 3.63) is 0 Å². The van der Waals surface area contributed by atoms with Gasteiger partial charge in [0.05, 0.1) is 67.1 Å². The fourth-order valence-electron chi connectivity index (χ4n) is 13.4. The van der Waals surface area contributed by atoms with Crippen LogP contribution in [0.3, 0.4) is 0 Å². The predicted octanol–water partition coefficient (Wildman–Crippen LogP) is 12.3. The highest BCUT2D eigenvalue weighted by atomic mass is 16.8. The zero-order chi connectivity index (χ0) is 50.2. The van der Waals surface area contributed by atoms with Crippen LogP contribution < -0.4 is 0 Å². The minimum Gasteiger partial charge on any atom is -0.372 e. The molecule has 0 saturated carbocycles. The first-order valence-electron chi connectivity index (χ1n) is 28.3. The molecule has 11 heteroatoms. The largest absolute Gasteiger partial charge is 0.372 e. The maximum absolute atomic E-state index is 7.34. The summed E-state index contributed by atoms with van der Waals surface area (Å²) < 4.78 is 77.2. The third kappa shape index (κ3) is 11.6. The Morgan fingerprint density at radius 3 is 1.10 bits per heavy atom. The standard InChI is InChI=1S/C57H104O11/c1-22-42-30(10)31(11)52(68-53-35(15)28(8)29(9)41(21)58-53)57(62-42)65-49-38(18)44(24-3)60-55(40(49)20)64-48-37(17)43(23-2)61-56(39(48)19)67-51-34(14)36(16)54(63-46(51)26-5)66-50-33(13)32(12)47(27(6)7)59-45(50)25-4/h27-57H,22-26H2,1-21H3/t28?,29-,30-,31+,32?,33-,34-,35+,36?,37+,38+,39?,40?,41?,42?,43?,44?,45?,46?,47?,48+,49+,50-,51-,52?,53+,54+,55+,56+,57+/m1/s1. The van der Waals surface area contributed by atoms with Crippen LogP contribution in [0.1, 0.15) is 178 Å². The quantitative estimate of drug-likeness (QED) is 0.148. The summed E-state index contributed by atoms with van der Waals surface area (Å²) in [4.78, 5) is 0. The lowest BCUT2D eigenvalue weighted by atomic mass is 9.77. The summed E-state index contributed by atoms with van der Waals surface area (Å²) in [6.45, 7) is 47.4. The van der Waals surface area contributed by atoms with Gasteiger partial charge in [0.2, 0.25) is 0 Å². The summed E-state index contributed by atoms with van der Waals surface area (Å²) in [7, 11) is 0. The summed E-state index contributed by atoms with van der Waals surface area (Å²) in [5.74, 6) is 3.23. The summed E-state index contributed by atoms with van der Waals surface area (Å²) in [5.41, 5.74) is 0. The molecule has 0 radical (unpaired) electrons. The lowest BCUT2D eigenvalue weighted by Crippen LogP contribution is -2.60. The van der Waals surface area contributed by atoms with Gasteiger partial charge < -0.3 is 52.1 Å². The molecule has 6 aliphatic rings. The monoisotopic (exact) mass is 965 g/mol. The van der Waals surface area contributed by atoms with Gasteiger partial charge in [-0.2, -0.15) is 0 Å². The van der Waals surface area contributed by atoms with Gasteiger partial charge in [-0.3, -0.25) is 0 Å². The highest BCUT2D eigenvalue weighted by Gasteiger charge is 2.54. The molecule has 0 amide bonds. The van der Waals surface area contributed by atoms with Gasteiger partial charge >= 0.3 is 0 Å². The molecule has 13 unspecified atom stereocenters. The SMILES string of the molecule is CCC1O[C@@H](O[C@@H]2C(C)[C@H](O[C@@H]3C(C)[C@H](O[C@H]4C(CC)O[C@@H](O[C@H]5C(CC)OC(C(C)C)C(C)[C@H]5C)C(C)[C@H]4C)OC(CC)[C@@H]3C)OC(CC)[C@@H]2C)C(O[C@@H]2OC(C)[C@H](C)C(C)[C@@H]2C)[C@@H](C)[C@H]1C. The van der Waals surface area contributed by atoms with Crippen molar-refractivity contribution in [2.24, 2.45) is 82.9 Å². The van der Waals surface area contributed by atoms with Gasteiger partial charge in [-0.1, -0.05) is 138 Å². The normalized spacial score (nSPS) is 52.9. The van der Waals surface area contributed by atoms with Crippen molar-refractivity contribution in [2.75, 3.05) is 0 Å². The van der Waals surface area contributed by atoms with Crippen LogP contribution in [0, 0.1) is 82.9 Å². The molecule has 68 heavy (non-hydrogen) atoms. The molecule has 11 nitrogen and oxygen atoms in total. The van der Waals surface area contributed by atoms with Gasteiger partial charge in [-0.05, 0) is 86.4 Å². The molecule has 6 heterocycles. The van der Waals surface area contributed by atoms with Crippen LogP contribution in [0.5, 0.6) is 0 Å². The second kappa shape index (κ2) is 24.3. The van der Waals surface area contributed by atoms with Crippen LogP contribution in [0.2, 0.25) is 0 Å². The van der Waals surface area contributed by atoms with Crippen molar-refractivity contribution in [1.82, 2.24) is 0 Å². The lowest BCUT2D eigenvalue weighted by molar-refractivity contribution is -0.373. The number of ether oxygens (including phenoxy) is 11. The second-order valence-corrected chi connectivity index (χ2v) is 24.0. The Morgan fingerprint density at radius 2 is 0.618 bits per heavy atom. The molecule has 6 rings (SSSR count). The average molecular weight is 965 g/mol. The Hall–Kier alpha value is -0.440. The molecular weight excluding hydrogens is 861 g/mol. The molecule has 6 aliphatic heterocycles. The first-order chi connectivity index (χ1) is 32.1. The third-order valence-electron chi connectivity index (χ3n) is 19.6. The predicted molar refractivity (Wildman–Crippen MR) is 267 cm³/mol. The smallest absolute Gasteiger partial charge is 0.184 e. The fourth-order valence-corrected chi connectivity index (χ4v) is 13.4. The van der Waals surface area contributed by atoms with Crippen molar-refractivity contribution in [1.29, 1.82) is 0 Å². The Kier molecular flexibility index (Phi) is 20.3. The van der Waals surface area contributed by atoms with E-state index in [0.29, 0.717) is 35.5 Å². The molecular formula is C57H104O11. The third-order valence-corrected chi connectivity index (χ3v) is 19.6. The minimum absolute atomic E-state index is 0.0296. The van der Waals surface area contributed by atoms with Crippen LogP contribution in [-0.2, 0) is 52.1 Å². The maximum atomic E-state index is 7.34. The minimum atomic E-state index is -0.548. The van der Waals surface area contributed by atoms with Crippen molar-refractivity contribution in [3.8, 4) is 0 Å². The van der Waals surface area contributed by atoms with Crippen LogP contribution in [0.25, 0.3) is 0 Å². The van der Waals surface area contributed by atoms with E-state index in [1.54, 1.807) is 0 Å². The molecule has 6 fully saturated rings. The summed E-state index contributed by atoms with van der Waals surface area (Å²) >= 11 is 0. The molecule has 0 N–H and O–H groups in total. The van der Waals surface area contributed by atoms with E-state index in [4.69, 9.17) is 52.1 Å². The van der Waals surface area contributed by atoms with Crippen LogP contribution in [0.15, 0.2) is 0 Å². The van der Waals surface area contributed by atoms with E-state index >= 15 is 0 Å². The molecule has 398 valence electrons. The number of hydrogen-bond acceptors (Lipinski definition) is 11. The van der Waals surface area contributed by atoms with Crippen LogP contribution in [-0.4, -0.2) is 105 Å². The number of hydrogen-bond donors (Lipinski definition) is 0. The second-order valence-electron chi connectivity index (χ2n) is 24.0. The molecule has 6 saturated heterocycles. The van der Waals surface area contributed by atoms with E-state index in [2.05, 4.69) is 145 Å². The van der Waals surface area contributed by atoms with Crippen molar-refractivity contribution in [2.45, 2.75) is 282 Å². The zero-order valence-electron chi connectivity index (χ0n) is 46.9. The molecule has 0 aliphatic carbocycles. The van der Waals surface area contributed by atoms with Crippen LogP contribution >= 0.6 is 0 Å². The van der Waals surface area contributed by atoms with E-state index in [-0.39, 0.29) is 133 Å². The van der Waals surface area contributed by atoms with Crippen molar-refractivity contribution >= 4 is 0 Å². The molecule has 0 aromatic rings. The molecule has 0 aromatic heterocycles. The average Bonchev–Trinajstić information content (AvgIpc) is 3.31. The molecule has 0 bridgehead atoms. The Balaban J connectivity index is 1.18. The summed E-state index contributed by atoms with van der Waals surface area (Å²) in [5, 5.41) is 0. The van der Waals surface area contributed by atoms with Crippen molar-refractivity contribution < 1.29 is 52.1 Å². The van der Waals surface area contributed by atoms with E-state index < -0.39 is 18.9 Å². The Bertz CT molecular complexity index is 1510. The number of rotatable bonds is 16. The molecule has 0 spiro atoms. The summed E-state index contributed by atoms with van der Waals surface area (Å²) in [6, 6.07) is 0. The Morgan fingerprint density at radius 1 is 0.279 bits per heavy atom. The first kappa shape index (κ1) is 56.8. The Labute approximate surface area is 415 Å². The van der Waals surface area contributed by atoms with Gasteiger partial charge in [-0.25, -0.2) is 0 Å². The lowest BCUT2D eigenvalue weighted by Gasteiger charge is -2.53. The van der Waals surface area contributed by atoms with Gasteiger partial charge in [-0.15, -0.1) is 0 Å². The van der Waals surface area contributed by atoms with E-state index in [1.807, 2.05) is 0 Å².